The predicted octanol–water partition coefficient (Wildman–Crippen LogP) is -1.01. The Morgan fingerprint density at radius 1 is 1.14 bits per heavy atom. The Labute approximate surface area is 148 Å². The molecule has 0 aromatic heterocycles. The van der Waals surface area contributed by atoms with E-state index in [2.05, 4.69) is 20.3 Å². The van der Waals surface area contributed by atoms with Gasteiger partial charge in [0.15, 0.2) is 5.25 Å². The van der Waals surface area contributed by atoms with Crippen LogP contribution < -0.4 is 29.6 Å². The van der Waals surface area contributed by atoms with E-state index in [1.165, 1.54) is 32.1 Å². The molecule has 1 unspecified atom stereocenters. The van der Waals surface area contributed by atoms with Crippen molar-refractivity contribution in [3.8, 4) is 0 Å². The van der Waals surface area contributed by atoms with Gasteiger partial charge in [0.25, 0.3) is 10.1 Å². The number of carboxylic acids is 2. The van der Waals surface area contributed by atoms with Crippen molar-refractivity contribution in [3.05, 3.63) is 6.42 Å². The van der Waals surface area contributed by atoms with E-state index in [9.17, 15) is 18.0 Å². The first kappa shape index (κ1) is 25.8. The van der Waals surface area contributed by atoms with Gasteiger partial charge in [0, 0.05) is 0 Å². The standard InChI is InChI=1S/C8H17.C4H6O7S.Na/c1-3-5-7-8-6-4-2;5-3(6)1-2(4(7)8)12(9,10)11;/h5H,3-4,6-8H2,1-2H3;2H,1H2,(H,5,6)(H,7,8)(H,9,10,11);/q-1;;+1. The minimum absolute atomic E-state index is 0. The average Bonchev–Trinajstić information content (AvgIpc) is 2.31. The normalized spacial score (nSPS) is 11.6. The summed E-state index contributed by atoms with van der Waals surface area (Å²) >= 11 is 0. The van der Waals surface area contributed by atoms with E-state index in [-0.39, 0.29) is 29.6 Å². The van der Waals surface area contributed by atoms with Gasteiger partial charge >= 0.3 is 41.5 Å². The fourth-order valence-corrected chi connectivity index (χ4v) is 1.83. The van der Waals surface area contributed by atoms with Crippen LogP contribution in [0.3, 0.4) is 0 Å². The molecular weight excluding hydrogens is 311 g/mol. The quantitative estimate of drug-likeness (QED) is 0.213. The molecule has 0 saturated carbocycles. The van der Waals surface area contributed by atoms with Gasteiger partial charge in [-0.15, -0.1) is 0 Å². The van der Waals surface area contributed by atoms with Crippen LogP contribution in [0, 0.1) is 6.42 Å². The molecular formula is C12H23NaO7S. The Balaban J connectivity index is -0.000000317. The first-order valence-corrected chi connectivity index (χ1v) is 7.89. The maximum Gasteiger partial charge on any atom is 1.00 e. The Bertz CT molecular complexity index is 375. The largest absolute Gasteiger partial charge is 1.00 e. The first-order chi connectivity index (χ1) is 9.16. The van der Waals surface area contributed by atoms with Crippen LogP contribution in [0.1, 0.15) is 52.4 Å². The molecule has 0 amide bonds. The second kappa shape index (κ2) is 14.8. The second-order valence-electron chi connectivity index (χ2n) is 4.13. The fraction of sp³-hybridized carbons (Fsp3) is 0.750. The fourth-order valence-electron chi connectivity index (χ4n) is 1.22. The molecule has 3 N–H and O–H groups in total. The van der Waals surface area contributed by atoms with E-state index in [1.807, 2.05) is 0 Å². The van der Waals surface area contributed by atoms with Gasteiger partial charge in [-0.1, -0.05) is 33.1 Å². The van der Waals surface area contributed by atoms with Crippen molar-refractivity contribution in [1.29, 1.82) is 0 Å². The Kier molecular flexibility index (Phi) is 18.1. The third kappa shape index (κ3) is 17.8. The van der Waals surface area contributed by atoms with Crippen molar-refractivity contribution in [2.75, 3.05) is 0 Å². The molecule has 0 radical (unpaired) electrons. The molecule has 9 heteroatoms. The summed E-state index contributed by atoms with van der Waals surface area (Å²) in [6.45, 7) is 4.44. The number of aliphatic carboxylic acids is 2. The van der Waals surface area contributed by atoms with Gasteiger partial charge < -0.3 is 16.6 Å². The molecule has 0 spiro atoms. The van der Waals surface area contributed by atoms with E-state index in [4.69, 9.17) is 14.8 Å². The maximum absolute atomic E-state index is 10.2. The predicted molar refractivity (Wildman–Crippen MR) is 74.0 cm³/mol. The third-order valence-electron chi connectivity index (χ3n) is 2.30. The molecule has 0 rings (SSSR count). The van der Waals surface area contributed by atoms with Gasteiger partial charge in [-0.2, -0.15) is 21.3 Å². The Morgan fingerprint density at radius 3 is 1.90 bits per heavy atom. The first-order valence-electron chi connectivity index (χ1n) is 6.39. The zero-order valence-corrected chi connectivity index (χ0v) is 15.6. The van der Waals surface area contributed by atoms with Crippen LogP contribution in [-0.4, -0.2) is 40.4 Å². The number of carboxylic acid groups (broad SMARTS) is 2. The molecule has 21 heavy (non-hydrogen) atoms. The van der Waals surface area contributed by atoms with E-state index in [0.717, 1.165) is 0 Å². The minimum atomic E-state index is -4.84. The van der Waals surface area contributed by atoms with Crippen LogP contribution in [0.4, 0.5) is 0 Å². The number of rotatable bonds is 9. The van der Waals surface area contributed by atoms with Crippen molar-refractivity contribution >= 4 is 22.1 Å². The molecule has 0 aromatic carbocycles. The molecule has 0 bridgehead atoms. The summed E-state index contributed by atoms with van der Waals surface area (Å²) in [4.78, 5) is 20.0. The molecule has 0 aliphatic heterocycles. The number of unbranched alkanes of at least 4 members (excludes halogenated alkanes) is 5. The minimum Gasteiger partial charge on any atom is -0.481 e. The van der Waals surface area contributed by atoms with Crippen molar-refractivity contribution in [3.63, 3.8) is 0 Å². The molecule has 0 fully saturated rings. The summed E-state index contributed by atoms with van der Waals surface area (Å²) < 4.78 is 28.7. The van der Waals surface area contributed by atoms with Crippen LogP contribution in [0.5, 0.6) is 0 Å². The van der Waals surface area contributed by atoms with Gasteiger partial charge in [-0.3, -0.25) is 14.1 Å². The van der Waals surface area contributed by atoms with Gasteiger partial charge in [0.1, 0.15) is 0 Å². The topological polar surface area (TPSA) is 129 Å². The summed E-state index contributed by atoms with van der Waals surface area (Å²) in [5.74, 6) is -3.50. The van der Waals surface area contributed by atoms with Crippen LogP contribution in [0.25, 0.3) is 0 Å². The van der Waals surface area contributed by atoms with Crippen LogP contribution in [0.2, 0.25) is 0 Å². The van der Waals surface area contributed by atoms with Crippen LogP contribution in [0.15, 0.2) is 0 Å². The van der Waals surface area contributed by atoms with E-state index in [1.54, 1.807) is 0 Å². The third-order valence-corrected chi connectivity index (χ3v) is 3.38. The summed E-state index contributed by atoms with van der Waals surface area (Å²) in [5.41, 5.74) is 0. The van der Waals surface area contributed by atoms with Crippen molar-refractivity contribution in [2.45, 2.75) is 57.6 Å². The van der Waals surface area contributed by atoms with E-state index < -0.39 is 33.7 Å². The molecule has 7 nitrogen and oxygen atoms in total. The SMILES string of the molecule is CC[CH-]CCCCC.O=C(O)CC(C(=O)O)S(=O)(=O)O.[Na+]. The molecule has 0 aliphatic rings. The van der Waals surface area contributed by atoms with Gasteiger partial charge in [-0.25, -0.2) is 0 Å². The monoisotopic (exact) mass is 334 g/mol. The summed E-state index contributed by atoms with van der Waals surface area (Å²) in [5, 5.41) is 13.9. The van der Waals surface area contributed by atoms with E-state index >= 15 is 0 Å². The smallest absolute Gasteiger partial charge is 0.481 e. The Morgan fingerprint density at radius 2 is 1.67 bits per heavy atom. The van der Waals surface area contributed by atoms with Crippen LogP contribution >= 0.6 is 0 Å². The van der Waals surface area contributed by atoms with E-state index in [0.29, 0.717) is 0 Å². The molecule has 1 atom stereocenters. The van der Waals surface area contributed by atoms with Crippen LogP contribution in [-0.2, 0) is 19.7 Å². The summed E-state index contributed by atoms with van der Waals surface area (Å²) in [7, 11) is -4.84. The maximum atomic E-state index is 10.2. The molecule has 0 aliphatic carbocycles. The zero-order valence-electron chi connectivity index (χ0n) is 12.8. The van der Waals surface area contributed by atoms with Crippen molar-refractivity contribution < 1.29 is 62.3 Å². The second-order valence-corrected chi connectivity index (χ2v) is 5.73. The molecule has 120 valence electrons. The zero-order chi connectivity index (χ0) is 16.2. The van der Waals surface area contributed by atoms with Gasteiger partial charge in [0.2, 0.25) is 0 Å². The number of carbonyl (C=O) groups is 2. The molecule has 0 aromatic rings. The van der Waals surface area contributed by atoms with Gasteiger partial charge in [0.05, 0.1) is 6.42 Å². The summed E-state index contributed by atoms with van der Waals surface area (Å²) in [6.07, 6.45) is 7.90. The average molecular weight is 334 g/mol. The molecule has 0 saturated heterocycles. The number of hydrogen-bond donors (Lipinski definition) is 3. The summed E-state index contributed by atoms with van der Waals surface area (Å²) in [6, 6.07) is 0. The molecule has 0 heterocycles. The number of hydrogen-bond acceptors (Lipinski definition) is 4. The van der Waals surface area contributed by atoms with Gasteiger partial charge in [-0.05, 0) is 0 Å². The van der Waals surface area contributed by atoms with Crippen molar-refractivity contribution in [2.24, 2.45) is 0 Å². The Hall–Kier alpha value is -0.150. The van der Waals surface area contributed by atoms with Crippen molar-refractivity contribution in [1.82, 2.24) is 0 Å².